The molecule has 4 N–H and O–H groups in total. The van der Waals surface area contributed by atoms with Crippen molar-refractivity contribution >= 4 is 23.6 Å². The fraction of sp³-hybridized carbons (Fsp3) is 0.818. The van der Waals surface area contributed by atoms with Gasteiger partial charge in [-0.15, -0.1) is 0 Å². The van der Waals surface area contributed by atoms with E-state index >= 15 is 0 Å². The molecule has 0 aliphatic carbocycles. The molecule has 1 rings (SSSR count). The minimum atomic E-state index is -0.588. The standard InChI is InChI=1S/C11H21N3O2S/c1-11(10(13)16)4-5-14(7-11)9(15)8(12)3-6-17-2/h8H,3-7,12H2,1-2H3,(H2,13,16)/t8-,11?/m0/s1. The molecule has 1 aliphatic heterocycles. The number of primary amides is 1. The van der Waals surface area contributed by atoms with Crippen LogP contribution in [0.4, 0.5) is 0 Å². The molecular weight excluding hydrogens is 238 g/mol. The minimum Gasteiger partial charge on any atom is -0.369 e. The Hall–Kier alpha value is -0.750. The fourth-order valence-electron chi connectivity index (χ4n) is 1.95. The maximum Gasteiger partial charge on any atom is 0.239 e. The van der Waals surface area contributed by atoms with E-state index in [1.54, 1.807) is 23.6 Å². The van der Waals surface area contributed by atoms with Crippen LogP contribution in [0.5, 0.6) is 0 Å². The van der Waals surface area contributed by atoms with Gasteiger partial charge in [-0.25, -0.2) is 0 Å². The number of likely N-dealkylation sites (tertiary alicyclic amines) is 1. The van der Waals surface area contributed by atoms with Gasteiger partial charge in [0.05, 0.1) is 11.5 Å². The van der Waals surface area contributed by atoms with Crippen LogP contribution in [0.25, 0.3) is 0 Å². The quantitative estimate of drug-likeness (QED) is 0.715. The highest BCUT2D eigenvalue weighted by Gasteiger charge is 2.41. The average molecular weight is 259 g/mol. The van der Waals surface area contributed by atoms with Crippen molar-refractivity contribution in [2.24, 2.45) is 16.9 Å². The predicted octanol–water partition coefficient (Wildman–Crippen LogP) is -0.209. The van der Waals surface area contributed by atoms with E-state index in [2.05, 4.69) is 0 Å². The highest BCUT2D eigenvalue weighted by Crippen LogP contribution is 2.29. The molecule has 0 saturated carbocycles. The number of nitrogens with zero attached hydrogens (tertiary/aromatic N) is 1. The molecule has 0 bridgehead atoms. The number of hydrogen-bond acceptors (Lipinski definition) is 4. The number of carbonyl (C=O) groups excluding carboxylic acids is 2. The summed E-state index contributed by atoms with van der Waals surface area (Å²) in [6.07, 6.45) is 3.28. The SMILES string of the molecule is CSCC[C@H](N)C(=O)N1CCC(C)(C(N)=O)C1. The summed E-state index contributed by atoms with van der Waals surface area (Å²) in [5.41, 5.74) is 10.6. The zero-order valence-corrected chi connectivity index (χ0v) is 11.3. The molecular formula is C11H21N3O2S. The monoisotopic (exact) mass is 259 g/mol. The zero-order chi connectivity index (χ0) is 13.1. The van der Waals surface area contributed by atoms with Crippen molar-refractivity contribution < 1.29 is 9.59 Å². The van der Waals surface area contributed by atoms with Gasteiger partial charge in [0.15, 0.2) is 0 Å². The van der Waals surface area contributed by atoms with Crippen molar-refractivity contribution in [2.75, 3.05) is 25.1 Å². The van der Waals surface area contributed by atoms with Crippen LogP contribution >= 0.6 is 11.8 Å². The molecule has 2 atom stereocenters. The summed E-state index contributed by atoms with van der Waals surface area (Å²) in [7, 11) is 0. The number of thioether (sulfide) groups is 1. The van der Waals surface area contributed by atoms with Gasteiger partial charge >= 0.3 is 0 Å². The Morgan fingerprint density at radius 1 is 1.53 bits per heavy atom. The molecule has 98 valence electrons. The molecule has 2 amide bonds. The second-order valence-electron chi connectivity index (χ2n) is 4.82. The lowest BCUT2D eigenvalue weighted by atomic mass is 9.89. The molecule has 5 nitrogen and oxygen atoms in total. The number of nitrogens with two attached hydrogens (primary N) is 2. The fourth-order valence-corrected chi connectivity index (χ4v) is 2.44. The summed E-state index contributed by atoms with van der Waals surface area (Å²) in [5, 5.41) is 0. The lowest BCUT2D eigenvalue weighted by Gasteiger charge is -2.23. The van der Waals surface area contributed by atoms with Gasteiger partial charge in [-0.05, 0) is 31.8 Å². The molecule has 0 radical (unpaired) electrons. The van der Waals surface area contributed by atoms with E-state index in [1.165, 1.54) is 0 Å². The first-order chi connectivity index (χ1) is 7.90. The van der Waals surface area contributed by atoms with Gasteiger partial charge in [-0.1, -0.05) is 0 Å². The van der Waals surface area contributed by atoms with Gasteiger partial charge in [-0.3, -0.25) is 9.59 Å². The first kappa shape index (κ1) is 14.3. The van der Waals surface area contributed by atoms with E-state index in [1.807, 2.05) is 6.26 Å². The summed E-state index contributed by atoms with van der Waals surface area (Å²) < 4.78 is 0. The Morgan fingerprint density at radius 2 is 2.18 bits per heavy atom. The first-order valence-electron chi connectivity index (χ1n) is 5.74. The van der Waals surface area contributed by atoms with Crippen molar-refractivity contribution in [3.05, 3.63) is 0 Å². The molecule has 1 heterocycles. The van der Waals surface area contributed by atoms with Crippen molar-refractivity contribution in [1.29, 1.82) is 0 Å². The number of hydrogen-bond donors (Lipinski definition) is 2. The first-order valence-corrected chi connectivity index (χ1v) is 7.13. The van der Waals surface area contributed by atoms with E-state index < -0.39 is 11.5 Å². The van der Waals surface area contributed by atoms with Crippen LogP contribution in [0.1, 0.15) is 19.8 Å². The van der Waals surface area contributed by atoms with Crippen LogP contribution in [0.3, 0.4) is 0 Å². The van der Waals surface area contributed by atoms with Crippen molar-refractivity contribution in [2.45, 2.75) is 25.8 Å². The highest BCUT2D eigenvalue weighted by molar-refractivity contribution is 7.98. The molecule has 1 fully saturated rings. The number of amides is 2. The second-order valence-corrected chi connectivity index (χ2v) is 5.81. The van der Waals surface area contributed by atoms with Gasteiger partial charge in [0.25, 0.3) is 0 Å². The summed E-state index contributed by atoms with van der Waals surface area (Å²) in [6.45, 7) is 2.77. The maximum atomic E-state index is 12.0. The summed E-state index contributed by atoms with van der Waals surface area (Å²) in [6, 6.07) is -0.460. The van der Waals surface area contributed by atoms with Gasteiger partial charge in [0.2, 0.25) is 11.8 Å². The molecule has 0 aromatic heterocycles. The smallest absolute Gasteiger partial charge is 0.239 e. The normalized spacial score (nSPS) is 25.9. The van der Waals surface area contributed by atoms with Crippen LogP contribution in [-0.4, -0.2) is 47.9 Å². The van der Waals surface area contributed by atoms with E-state index in [-0.39, 0.29) is 11.8 Å². The lowest BCUT2D eigenvalue weighted by molar-refractivity contribution is -0.132. The lowest BCUT2D eigenvalue weighted by Crippen LogP contribution is -2.45. The van der Waals surface area contributed by atoms with Crippen LogP contribution < -0.4 is 11.5 Å². The Balaban J connectivity index is 2.53. The van der Waals surface area contributed by atoms with E-state index in [4.69, 9.17) is 11.5 Å². The molecule has 0 aromatic carbocycles. The van der Waals surface area contributed by atoms with Gasteiger partial charge < -0.3 is 16.4 Å². The van der Waals surface area contributed by atoms with Crippen molar-refractivity contribution in [1.82, 2.24) is 4.90 Å². The number of rotatable bonds is 5. The topological polar surface area (TPSA) is 89.4 Å². The van der Waals surface area contributed by atoms with Crippen LogP contribution in [-0.2, 0) is 9.59 Å². The molecule has 1 saturated heterocycles. The minimum absolute atomic E-state index is 0.0657. The largest absolute Gasteiger partial charge is 0.369 e. The van der Waals surface area contributed by atoms with E-state index in [9.17, 15) is 9.59 Å². The van der Waals surface area contributed by atoms with Crippen LogP contribution in [0.15, 0.2) is 0 Å². The molecule has 0 aromatic rings. The van der Waals surface area contributed by atoms with E-state index in [0.29, 0.717) is 25.9 Å². The third kappa shape index (κ3) is 3.35. The van der Waals surface area contributed by atoms with E-state index in [0.717, 1.165) is 5.75 Å². The van der Waals surface area contributed by atoms with Crippen molar-refractivity contribution in [3.63, 3.8) is 0 Å². The summed E-state index contributed by atoms with van der Waals surface area (Å²) in [5.74, 6) is 0.461. The maximum absolute atomic E-state index is 12.0. The highest BCUT2D eigenvalue weighted by atomic mass is 32.2. The average Bonchev–Trinajstić information content (AvgIpc) is 2.69. The van der Waals surface area contributed by atoms with Crippen molar-refractivity contribution in [3.8, 4) is 0 Å². The summed E-state index contributed by atoms with van der Waals surface area (Å²) >= 11 is 1.67. The van der Waals surface area contributed by atoms with Crippen LogP contribution in [0.2, 0.25) is 0 Å². The predicted molar refractivity (Wildman–Crippen MR) is 69.5 cm³/mol. The Morgan fingerprint density at radius 3 is 2.65 bits per heavy atom. The number of carbonyl (C=O) groups is 2. The molecule has 1 aliphatic rings. The Bertz CT molecular complexity index is 311. The van der Waals surface area contributed by atoms with Crippen LogP contribution in [0, 0.1) is 5.41 Å². The Labute approximate surface area is 106 Å². The second kappa shape index (κ2) is 5.73. The van der Waals surface area contributed by atoms with Gasteiger partial charge in [0, 0.05) is 13.1 Å². The molecule has 17 heavy (non-hydrogen) atoms. The summed E-state index contributed by atoms with van der Waals surface area (Å²) in [4.78, 5) is 24.9. The van der Waals surface area contributed by atoms with Gasteiger partial charge in [-0.2, -0.15) is 11.8 Å². The molecule has 0 spiro atoms. The van der Waals surface area contributed by atoms with Gasteiger partial charge in [0.1, 0.15) is 0 Å². The zero-order valence-electron chi connectivity index (χ0n) is 10.4. The molecule has 6 heteroatoms. The third-order valence-electron chi connectivity index (χ3n) is 3.33. The molecule has 1 unspecified atom stereocenters. The third-order valence-corrected chi connectivity index (χ3v) is 3.97. The Kier molecular flexibility index (Phi) is 4.82.